The molecule has 2 rings (SSSR count). The van der Waals surface area contributed by atoms with Crippen LogP contribution in [0.25, 0.3) is 0 Å². The van der Waals surface area contributed by atoms with Crippen molar-refractivity contribution in [3.8, 4) is 0 Å². The van der Waals surface area contributed by atoms with E-state index in [0.29, 0.717) is 0 Å². The van der Waals surface area contributed by atoms with Crippen LogP contribution < -0.4 is 0 Å². The van der Waals surface area contributed by atoms with Gasteiger partial charge in [-0.2, -0.15) is 0 Å². The summed E-state index contributed by atoms with van der Waals surface area (Å²) < 4.78 is 48.7. The summed E-state index contributed by atoms with van der Waals surface area (Å²) in [7, 11) is -8.87. The quantitative estimate of drug-likeness (QED) is 0.814. The van der Waals surface area contributed by atoms with E-state index in [4.69, 9.17) is 0 Å². The number of rotatable bonds is 3. The third kappa shape index (κ3) is 2.41. The minimum atomic E-state index is -4.44. The topological polar surface area (TPSA) is 68.3 Å². The van der Waals surface area contributed by atoms with Gasteiger partial charge in [-0.25, -0.2) is 16.8 Å². The molecule has 6 heteroatoms. The molecular formula is C13H12O4S2. The van der Waals surface area contributed by atoms with E-state index in [1.54, 1.807) is 25.1 Å². The van der Waals surface area contributed by atoms with Crippen LogP contribution in [0.4, 0.5) is 0 Å². The van der Waals surface area contributed by atoms with Gasteiger partial charge in [-0.1, -0.05) is 35.9 Å². The standard InChI is InChI=1S/C13H12O4S2/c1-11-7-9-13(10-8-11)19(16,17)18(14,15)12-5-3-2-4-6-12/h2-10H,1H3. The van der Waals surface area contributed by atoms with Crippen LogP contribution >= 0.6 is 0 Å². The maximum Gasteiger partial charge on any atom is 0.286 e. The van der Waals surface area contributed by atoms with Crippen molar-refractivity contribution in [1.82, 2.24) is 0 Å². The number of benzene rings is 2. The second kappa shape index (κ2) is 4.79. The average Bonchev–Trinajstić information content (AvgIpc) is 2.40. The van der Waals surface area contributed by atoms with Crippen LogP contribution in [0.2, 0.25) is 0 Å². The van der Waals surface area contributed by atoms with Crippen molar-refractivity contribution in [2.24, 2.45) is 0 Å². The molecule has 0 N–H and O–H groups in total. The molecule has 0 saturated heterocycles. The third-order valence-electron chi connectivity index (χ3n) is 2.63. The second-order valence-corrected chi connectivity index (χ2v) is 9.43. The summed E-state index contributed by atoms with van der Waals surface area (Å²) in [4.78, 5) is -0.447. The largest absolute Gasteiger partial charge is 0.286 e. The molecule has 0 aliphatic rings. The lowest BCUT2D eigenvalue weighted by atomic mass is 10.2. The van der Waals surface area contributed by atoms with E-state index in [1.807, 2.05) is 0 Å². The number of aryl methyl sites for hydroxylation is 1. The molecule has 0 saturated carbocycles. The average molecular weight is 296 g/mol. The Hall–Kier alpha value is -1.66. The van der Waals surface area contributed by atoms with Crippen LogP contribution in [0.1, 0.15) is 5.56 Å². The molecule has 100 valence electrons. The van der Waals surface area contributed by atoms with Crippen molar-refractivity contribution in [1.29, 1.82) is 0 Å². The maximum atomic E-state index is 12.2. The molecule has 0 spiro atoms. The highest BCUT2D eigenvalue weighted by molar-refractivity contribution is 8.67. The summed E-state index contributed by atoms with van der Waals surface area (Å²) >= 11 is 0. The Bertz CT molecular complexity index is 774. The Morgan fingerprint density at radius 2 is 1.05 bits per heavy atom. The van der Waals surface area contributed by atoms with Gasteiger partial charge in [-0.3, -0.25) is 0 Å². The zero-order chi connectivity index (χ0) is 14.1. The first-order valence-corrected chi connectivity index (χ1v) is 8.96. The summed E-state index contributed by atoms with van der Waals surface area (Å²) in [6.07, 6.45) is 0. The number of hydrogen-bond donors (Lipinski definition) is 0. The fourth-order valence-corrected chi connectivity index (χ4v) is 5.20. The van der Waals surface area contributed by atoms with E-state index in [-0.39, 0.29) is 9.79 Å². The highest BCUT2D eigenvalue weighted by atomic mass is 33.2. The molecule has 2 aromatic carbocycles. The molecule has 19 heavy (non-hydrogen) atoms. The van der Waals surface area contributed by atoms with Crippen LogP contribution in [-0.2, 0) is 17.7 Å². The van der Waals surface area contributed by atoms with Crippen LogP contribution in [0.5, 0.6) is 0 Å². The molecule has 0 heterocycles. The lowest BCUT2D eigenvalue weighted by Gasteiger charge is -2.06. The predicted octanol–water partition coefficient (Wildman–Crippen LogP) is 2.16. The van der Waals surface area contributed by atoms with Crippen molar-refractivity contribution < 1.29 is 16.8 Å². The molecule has 4 nitrogen and oxygen atoms in total. The van der Waals surface area contributed by atoms with E-state index < -0.39 is 17.7 Å². The van der Waals surface area contributed by atoms with E-state index in [0.717, 1.165) is 5.56 Å². The number of hydrogen-bond acceptors (Lipinski definition) is 4. The van der Waals surface area contributed by atoms with Gasteiger partial charge in [-0.05, 0) is 31.2 Å². The van der Waals surface area contributed by atoms with Crippen molar-refractivity contribution >= 4 is 17.7 Å². The van der Waals surface area contributed by atoms with Gasteiger partial charge in [0.25, 0.3) is 17.7 Å². The molecule has 0 atom stereocenters. The monoisotopic (exact) mass is 296 g/mol. The van der Waals surface area contributed by atoms with Gasteiger partial charge >= 0.3 is 0 Å². The summed E-state index contributed by atoms with van der Waals surface area (Å²) in [5.41, 5.74) is 0.857. The van der Waals surface area contributed by atoms with Crippen molar-refractivity contribution in [3.05, 3.63) is 60.2 Å². The normalized spacial score (nSPS) is 12.3. The Morgan fingerprint density at radius 3 is 1.53 bits per heavy atom. The van der Waals surface area contributed by atoms with E-state index in [2.05, 4.69) is 0 Å². The molecular weight excluding hydrogens is 284 g/mol. The minimum Gasteiger partial charge on any atom is -0.207 e. The van der Waals surface area contributed by atoms with Crippen LogP contribution in [0.15, 0.2) is 64.4 Å². The van der Waals surface area contributed by atoms with Crippen molar-refractivity contribution in [2.45, 2.75) is 16.7 Å². The Balaban J connectivity index is 2.60. The predicted molar refractivity (Wildman–Crippen MR) is 72.0 cm³/mol. The lowest BCUT2D eigenvalue weighted by molar-refractivity contribution is 0.582. The highest BCUT2D eigenvalue weighted by Crippen LogP contribution is 2.24. The second-order valence-electron chi connectivity index (χ2n) is 4.03. The molecule has 0 unspecified atom stereocenters. The van der Waals surface area contributed by atoms with Crippen LogP contribution in [0.3, 0.4) is 0 Å². The fraction of sp³-hybridized carbons (Fsp3) is 0.0769. The molecule has 0 aromatic heterocycles. The van der Waals surface area contributed by atoms with E-state index >= 15 is 0 Å². The molecule has 2 aromatic rings. The summed E-state index contributed by atoms with van der Waals surface area (Å²) in [6, 6.07) is 12.8. The molecule has 0 amide bonds. The molecule has 0 aliphatic carbocycles. The Morgan fingerprint density at radius 1 is 0.632 bits per heavy atom. The first-order valence-electron chi connectivity index (χ1n) is 5.47. The highest BCUT2D eigenvalue weighted by Gasteiger charge is 2.33. The third-order valence-corrected chi connectivity index (χ3v) is 7.80. The van der Waals surface area contributed by atoms with Gasteiger partial charge in [0.1, 0.15) is 0 Å². The smallest absolute Gasteiger partial charge is 0.207 e. The lowest BCUT2D eigenvalue weighted by Crippen LogP contribution is -2.16. The SMILES string of the molecule is Cc1ccc(S(=O)(=O)S(=O)(=O)c2ccccc2)cc1. The van der Waals surface area contributed by atoms with Crippen LogP contribution in [0, 0.1) is 6.92 Å². The van der Waals surface area contributed by atoms with Crippen LogP contribution in [-0.4, -0.2) is 16.8 Å². The summed E-state index contributed by atoms with van der Waals surface area (Å²) in [6.45, 7) is 1.79. The van der Waals surface area contributed by atoms with Crippen molar-refractivity contribution in [2.75, 3.05) is 0 Å². The van der Waals surface area contributed by atoms with Gasteiger partial charge in [0.05, 0.1) is 9.79 Å². The first-order chi connectivity index (χ1) is 8.85. The zero-order valence-corrected chi connectivity index (χ0v) is 11.8. The maximum absolute atomic E-state index is 12.2. The van der Waals surface area contributed by atoms with Gasteiger partial charge in [-0.15, -0.1) is 0 Å². The Labute approximate surface area is 112 Å². The fourth-order valence-electron chi connectivity index (χ4n) is 1.55. The van der Waals surface area contributed by atoms with Gasteiger partial charge < -0.3 is 0 Å². The van der Waals surface area contributed by atoms with Crippen molar-refractivity contribution in [3.63, 3.8) is 0 Å². The minimum absolute atomic E-state index is 0.220. The first kappa shape index (κ1) is 13.8. The van der Waals surface area contributed by atoms with E-state index in [1.165, 1.54) is 36.4 Å². The van der Waals surface area contributed by atoms with Gasteiger partial charge in [0.15, 0.2) is 0 Å². The summed E-state index contributed by atoms with van der Waals surface area (Å²) in [5.74, 6) is 0. The molecule has 0 fully saturated rings. The van der Waals surface area contributed by atoms with E-state index in [9.17, 15) is 16.8 Å². The summed E-state index contributed by atoms with van der Waals surface area (Å²) in [5, 5.41) is 0. The van der Waals surface area contributed by atoms with Gasteiger partial charge in [0, 0.05) is 0 Å². The Kier molecular flexibility index (Phi) is 3.47. The molecule has 0 bridgehead atoms. The van der Waals surface area contributed by atoms with Gasteiger partial charge in [0.2, 0.25) is 0 Å². The molecule has 0 radical (unpaired) electrons. The zero-order valence-electron chi connectivity index (χ0n) is 10.1. The molecule has 0 aliphatic heterocycles.